The van der Waals surface area contributed by atoms with Crippen LogP contribution in [0.5, 0.6) is 5.75 Å². The molecule has 0 bridgehead atoms. The predicted molar refractivity (Wildman–Crippen MR) is 74.9 cm³/mol. The van der Waals surface area contributed by atoms with E-state index in [1.165, 1.54) is 0 Å². The van der Waals surface area contributed by atoms with Gasteiger partial charge < -0.3 is 9.84 Å². The molecule has 4 heteroatoms. The van der Waals surface area contributed by atoms with Crippen molar-refractivity contribution in [2.75, 3.05) is 6.61 Å². The van der Waals surface area contributed by atoms with Gasteiger partial charge in [0.1, 0.15) is 12.4 Å². The number of carboxylic acids is 1. The van der Waals surface area contributed by atoms with Crippen molar-refractivity contribution in [3.05, 3.63) is 40.9 Å². The Morgan fingerprint density at radius 1 is 1.53 bits per heavy atom. The lowest BCUT2D eigenvalue weighted by atomic mass is 9.64. The van der Waals surface area contributed by atoms with E-state index in [4.69, 9.17) is 16.3 Å². The largest absolute Gasteiger partial charge is 0.488 e. The van der Waals surface area contributed by atoms with Crippen LogP contribution in [0.4, 0.5) is 0 Å². The number of aliphatic carboxylic acids is 1. The van der Waals surface area contributed by atoms with Gasteiger partial charge in [-0.2, -0.15) is 0 Å². The summed E-state index contributed by atoms with van der Waals surface area (Å²) in [5.41, 5.74) is 0.713. The van der Waals surface area contributed by atoms with Crippen molar-refractivity contribution < 1.29 is 14.6 Å². The molecule has 0 saturated heterocycles. The van der Waals surface area contributed by atoms with E-state index in [9.17, 15) is 9.90 Å². The number of hydrogen-bond acceptors (Lipinski definition) is 2. The number of ether oxygens (including phenoxy) is 1. The predicted octanol–water partition coefficient (Wildman–Crippen LogP) is 3.80. The number of carboxylic acid groups (broad SMARTS) is 1. The fourth-order valence-electron chi connectivity index (χ4n) is 2.32. The molecule has 0 amide bonds. The minimum Gasteiger partial charge on any atom is -0.488 e. The van der Waals surface area contributed by atoms with Gasteiger partial charge >= 0.3 is 5.97 Å². The number of rotatable bonds is 5. The van der Waals surface area contributed by atoms with Crippen LogP contribution in [0.2, 0.25) is 5.02 Å². The molecule has 0 aromatic heterocycles. The van der Waals surface area contributed by atoms with Gasteiger partial charge in [0.05, 0.1) is 10.4 Å². The minimum atomic E-state index is -0.834. The highest BCUT2D eigenvalue weighted by atomic mass is 35.5. The molecule has 0 unspecified atom stereocenters. The molecule has 102 valence electrons. The lowest BCUT2D eigenvalue weighted by Gasteiger charge is -2.38. The molecule has 1 fully saturated rings. The average molecular weight is 281 g/mol. The quantitative estimate of drug-likeness (QED) is 0.835. The number of halogens is 1. The average Bonchev–Trinajstić information content (AvgIpc) is 2.27. The molecule has 0 spiro atoms. The zero-order valence-electron chi connectivity index (χ0n) is 10.9. The maximum Gasteiger partial charge on any atom is 0.314 e. The molecule has 0 atom stereocenters. The van der Waals surface area contributed by atoms with Gasteiger partial charge in [-0.3, -0.25) is 4.79 Å². The van der Waals surface area contributed by atoms with Gasteiger partial charge in [0, 0.05) is 0 Å². The highest BCUT2D eigenvalue weighted by Gasteiger charge is 2.47. The van der Waals surface area contributed by atoms with Crippen molar-refractivity contribution in [1.29, 1.82) is 0 Å². The van der Waals surface area contributed by atoms with E-state index in [1.807, 2.05) is 6.92 Å². The monoisotopic (exact) mass is 280 g/mol. The normalized spacial score (nSPS) is 16.5. The highest BCUT2D eigenvalue weighted by Crippen LogP contribution is 2.48. The van der Waals surface area contributed by atoms with Crippen LogP contribution in [0.3, 0.4) is 0 Å². The third-order valence-electron chi connectivity index (χ3n) is 3.57. The Morgan fingerprint density at radius 3 is 2.68 bits per heavy atom. The first-order valence-electron chi connectivity index (χ1n) is 6.27. The summed E-state index contributed by atoms with van der Waals surface area (Å²) < 4.78 is 5.56. The maximum absolute atomic E-state index is 11.5. The molecular formula is C15H17ClO3. The number of carbonyl (C=O) groups is 1. The zero-order chi connectivity index (χ0) is 14.0. The Morgan fingerprint density at radius 2 is 2.21 bits per heavy atom. The second-order valence-corrected chi connectivity index (χ2v) is 5.48. The molecule has 2 rings (SSSR count). The van der Waals surface area contributed by atoms with Crippen molar-refractivity contribution >= 4 is 17.6 Å². The van der Waals surface area contributed by atoms with E-state index in [0.717, 1.165) is 12.0 Å². The van der Waals surface area contributed by atoms with Crippen LogP contribution < -0.4 is 4.74 Å². The first-order chi connectivity index (χ1) is 8.97. The van der Waals surface area contributed by atoms with Gasteiger partial charge in [-0.1, -0.05) is 36.7 Å². The van der Waals surface area contributed by atoms with Crippen molar-refractivity contribution in [2.24, 2.45) is 0 Å². The summed E-state index contributed by atoms with van der Waals surface area (Å²) in [5, 5.41) is 9.87. The Hall–Kier alpha value is -1.48. The second-order valence-electron chi connectivity index (χ2n) is 5.10. The van der Waals surface area contributed by atoms with Gasteiger partial charge in [-0.05, 0) is 37.0 Å². The van der Waals surface area contributed by atoms with Crippen LogP contribution >= 0.6 is 11.6 Å². The molecule has 1 N–H and O–H groups in total. The fraction of sp³-hybridized carbons (Fsp3) is 0.400. The Bertz CT molecular complexity index is 518. The smallest absolute Gasteiger partial charge is 0.314 e. The molecule has 3 nitrogen and oxygen atoms in total. The fourth-order valence-corrected chi connectivity index (χ4v) is 2.68. The zero-order valence-corrected chi connectivity index (χ0v) is 11.7. The maximum atomic E-state index is 11.5. The van der Waals surface area contributed by atoms with E-state index in [1.54, 1.807) is 18.2 Å². The molecule has 0 aliphatic heterocycles. The summed E-state index contributed by atoms with van der Waals surface area (Å²) in [6, 6.07) is 5.32. The third-order valence-corrected chi connectivity index (χ3v) is 3.96. The first kappa shape index (κ1) is 13.9. The Labute approximate surface area is 117 Å². The van der Waals surface area contributed by atoms with Gasteiger partial charge in [0.25, 0.3) is 0 Å². The van der Waals surface area contributed by atoms with Gasteiger partial charge in [0.2, 0.25) is 0 Å². The standard InChI is InChI=1S/C15H17ClO3/c1-10(2)9-19-12-6-3-5-11(13(12)16)15(14(17)18)7-4-8-15/h3,5-6H,1,4,7-9H2,2H3,(H,17,18). The molecule has 19 heavy (non-hydrogen) atoms. The minimum absolute atomic E-state index is 0.378. The van der Waals surface area contributed by atoms with Crippen molar-refractivity contribution in [3.8, 4) is 5.75 Å². The molecule has 1 aliphatic carbocycles. The number of benzene rings is 1. The van der Waals surface area contributed by atoms with E-state index in [2.05, 4.69) is 6.58 Å². The number of hydrogen-bond donors (Lipinski definition) is 1. The summed E-state index contributed by atoms with van der Waals surface area (Å²) in [6.07, 6.45) is 2.18. The van der Waals surface area contributed by atoms with Crippen LogP contribution in [-0.4, -0.2) is 17.7 Å². The van der Waals surface area contributed by atoms with E-state index < -0.39 is 11.4 Å². The van der Waals surface area contributed by atoms with Crippen LogP contribution in [0.15, 0.2) is 30.4 Å². The van der Waals surface area contributed by atoms with Crippen molar-refractivity contribution in [1.82, 2.24) is 0 Å². The van der Waals surface area contributed by atoms with E-state index in [0.29, 0.717) is 35.8 Å². The molecule has 1 aromatic carbocycles. The highest BCUT2D eigenvalue weighted by molar-refractivity contribution is 6.33. The van der Waals surface area contributed by atoms with Crippen molar-refractivity contribution in [2.45, 2.75) is 31.6 Å². The summed E-state index contributed by atoms with van der Waals surface area (Å²) in [7, 11) is 0. The summed E-state index contributed by atoms with van der Waals surface area (Å²) in [5.74, 6) is -0.285. The first-order valence-corrected chi connectivity index (χ1v) is 6.65. The van der Waals surface area contributed by atoms with Crippen LogP contribution in [0.25, 0.3) is 0 Å². The SMILES string of the molecule is C=C(C)COc1cccc(C2(C(=O)O)CCC2)c1Cl. The Balaban J connectivity index is 2.34. The van der Waals surface area contributed by atoms with Crippen LogP contribution in [0, 0.1) is 0 Å². The lowest BCUT2D eigenvalue weighted by molar-refractivity contribution is -0.147. The second kappa shape index (κ2) is 5.25. The van der Waals surface area contributed by atoms with Gasteiger partial charge in [0.15, 0.2) is 0 Å². The summed E-state index contributed by atoms with van der Waals surface area (Å²) >= 11 is 6.32. The third kappa shape index (κ3) is 2.47. The lowest BCUT2D eigenvalue weighted by Crippen LogP contribution is -2.42. The molecule has 1 saturated carbocycles. The van der Waals surface area contributed by atoms with Crippen LogP contribution in [-0.2, 0) is 10.2 Å². The van der Waals surface area contributed by atoms with Gasteiger partial charge in [-0.15, -0.1) is 0 Å². The van der Waals surface area contributed by atoms with E-state index >= 15 is 0 Å². The topological polar surface area (TPSA) is 46.5 Å². The van der Waals surface area contributed by atoms with Crippen molar-refractivity contribution in [3.63, 3.8) is 0 Å². The Kier molecular flexibility index (Phi) is 3.85. The molecule has 1 aromatic rings. The summed E-state index contributed by atoms with van der Waals surface area (Å²) in [4.78, 5) is 11.5. The van der Waals surface area contributed by atoms with E-state index in [-0.39, 0.29) is 0 Å². The molecule has 0 radical (unpaired) electrons. The molecule has 1 aliphatic rings. The summed E-state index contributed by atoms with van der Waals surface area (Å²) in [6.45, 7) is 6.01. The molecule has 0 heterocycles. The molecular weight excluding hydrogens is 264 g/mol. The van der Waals surface area contributed by atoms with Crippen LogP contribution in [0.1, 0.15) is 31.7 Å². The van der Waals surface area contributed by atoms with Gasteiger partial charge in [-0.25, -0.2) is 0 Å².